The van der Waals surface area contributed by atoms with Crippen LogP contribution in [0.4, 0.5) is 8.78 Å². The number of hydrogen-bond donors (Lipinski definition) is 1. The van der Waals surface area contributed by atoms with Gasteiger partial charge in [0, 0.05) is 0 Å². The third-order valence-corrected chi connectivity index (χ3v) is 1.06. The fourth-order valence-corrected chi connectivity index (χ4v) is 0.340. The standard InChI is InChI=1S/C7H8F2O3/c1-3-5(2)12-4-7(8,9)6(10)11/h1,5H,4H2,2H3,(H,10,11). The first-order chi connectivity index (χ1) is 5.40. The Morgan fingerprint density at radius 1 is 1.83 bits per heavy atom. The van der Waals surface area contributed by atoms with Crippen molar-refractivity contribution in [3.05, 3.63) is 0 Å². The summed E-state index contributed by atoms with van der Waals surface area (Å²) in [6, 6.07) is 0. The summed E-state index contributed by atoms with van der Waals surface area (Å²) < 4.78 is 28.9. The zero-order chi connectivity index (χ0) is 9.78. The normalized spacial score (nSPS) is 13.5. The molecule has 0 rings (SSSR count). The first-order valence-corrected chi connectivity index (χ1v) is 3.09. The van der Waals surface area contributed by atoms with Crippen molar-refractivity contribution in [2.24, 2.45) is 0 Å². The lowest BCUT2D eigenvalue weighted by atomic mass is 10.3. The van der Waals surface area contributed by atoms with Crippen molar-refractivity contribution in [1.82, 2.24) is 0 Å². The number of halogens is 2. The molecule has 0 aliphatic carbocycles. The minimum Gasteiger partial charge on any atom is -0.477 e. The van der Waals surface area contributed by atoms with Crippen molar-refractivity contribution in [2.45, 2.75) is 19.0 Å². The Morgan fingerprint density at radius 3 is 2.67 bits per heavy atom. The molecule has 1 N–H and O–H groups in total. The van der Waals surface area contributed by atoms with E-state index in [4.69, 9.17) is 11.5 Å². The Bertz CT molecular complexity index is 207. The number of terminal acetylenes is 1. The fraction of sp³-hybridized carbons (Fsp3) is 0.571. The second-order valence-corrected chi connectivity index (χ2v) is 2.13. The largest absolute Gasteiger partial charge is 0.477 e. The Kier molecular flexibility index (Phi) is 3.64. The lowest BCUT2D eigenvalue weighted by molar-refractivity contribution is -0.174. The molecular formula is C7H8F2O3. The molecule has 0 heterocycles. The quantitative estimate of drug-likeness (QED) is 0.646. The molecule has 0 saturated heterocycles. The van der Waals surface area contributed by atoms with Gasteiger partial charge in [-0.15, -0.1) is 6.42 Å². The summed E-state index contributed by atoms with van der Waals surface area (Å²) >= 11 is 0. The Balaban J connectivity index is 3.94. The van der Waals surface area contributed by atoms with Crippen LogP contribution in [0, 0.1) is 12.3 Å². The number of carboxylic acid groups (broad SMARTS) is 1. The summed E-state index contributed by atoms with van der Waals surface area (Å²) in [4.78, 5) is 9.84. The molecule has 12 heavy (non-hydrogen) atoms. The van der Waals surface area contributed by atoms with Gasteiger partial charge in [0.1, 0.15) is 12.7 Å². The van der Waals surface area contributed by atoms with Crippen LogP contribution < -0.4 is 0 Å². The maximum atomic E-state index is 12.2. The highest BCUT2D eigenvalue weighted by Crippen LogP contribution is 2.14. The molecule has 0 aliphatic heterocycles. The summed E-state index contributed by atoms with van der Waals surface area (Å²) in [5, 5.41) is 7.95. The van der Waals surface area contributed by atoms with E-state index in [0.29, 0.717) is 0 Å². The lowest BCUT2D eigenvalue weighted by Gasteiger charge is -2.12. The second kappa shape index (κ2) is 4.02. The topological polar surface area (TPSA) is 46.5 Å². The zero-order valence-electron chi connectivity index (χ0n) is 6.38. The molecule has 1 atom stereocenters. The van der Waals surface area contributed by atoms with Gasteiger partial charge in [0.2, 0.25) is 0 Å². The number of alkyl halides is 2. The first-order valence-electron chi connectivity index (χ1n) is 3.09. The molecule has 0 spiro atoms. The van der Waals surface area contributed by atoms with Crippen LogP contribution in [-0.4, -0.2) is 29.7 Å². The number of ether oxygens (including phenoxy) is 1. The molecule has 0 aromatic rings. The second-order valence-electron chi connectivity index (χ2n) is 2.13. The van der Waals surface area contributed by atoms with E-state index < -0.39 is 24.6 Å². The molecule has 0 saturated carbocycles. The average Bonchev–Trinajstić information content (AvgIpc) is 2.00. The fourth-order valence-electron chi connectivity index (χ4n) is 0.340. The SMILES string of the molecule is C#CC(C)OCC(F)(F)C(=O)O. The molecule has 0 bridgehead atoms. The van der Waals surface area contributed by atoms with Gasteiger partial charge in [-0.1, -0.05) is 5.92 Å². The van der Waals surface area contributed by atoms with Gasteiger partial charge in [-0.25, -0.2) is 4.79 Å². The average molecular weight is 178 g/mol. The smallest absolute Gasteiger partial charge is 0.377 e. The van der Waals surface area contributed by atoms with Gasteiger partial charge in [-0.2, -0.15) is 8.78 Å². The van der Waals surface area contributed by atoms with Crippen LogP contribution in [0.3, 0.4) is 0 Å². The summed E-state index contributed by atoms with van der Waals surface area (Å²) in [6.07, 6.45) is 4.00. The van der Waals surface area contributed by atoms with Crippen LogP contribution in [0.5, 0.6) is 0 Å². The van der Waals surface area contributed by atoms with E-state index in [2.05, 4.69) is 4.74 Å². The Labute approximate surface area is 68.3 Å². The molecule has 0 aromatic carbocycles. The van der Waals surface area contributed by atoms with Gasteiger partial charge in [-0.3, -0.25) is 0 Å². The van der Waals surface area contributed by atoms with Crippen molar-refractivity contribution in [1.29, 1.82) is 0 Å². The van der Waals surface area contributed by atoms with E-state index >= 15 is 0 Å². The molecule has 68 valence electrons. The molecule has 0 amide bonds. The van der Waals surface area contributed by atoms with Crippen molar-refractivity contribution >= 4 is 5.97 Å². The molecule has 3 nitrogen and oxygen atoms in total. The van der Waals surface area contributed by atoms with Gasteiger partial charge in [0.25, 0.3) is 0 Å². The molecule has 0 aromatic heterocycles. The lowest BCUT2D eigenvalue weighted by Crippen LogP contribution is -2.34. The number of hydrogen-bond acceptors (Lipinski definition) is 2. The van der Waals surface area contributed by atoms with E-state index in [-0.39, 0.29) is 0 Å². The van der Waals surface area contributed by atoms with Crippen LogP contribution in [0.2, 0.25) is 0 Å². The molecular weight excluding hydrogens is 170 g/mol. The van der Waals surface area contributed by atoms with Crippen LogP contribution >= 0.6 is 0 Å². The van der Waals surface area contributed by atoms with Gasteiger partial charge >= 0.3 is 11.9 Å². The number of rotatable bonds is 4. The van der Waals surface area contributed by atoms with Crippen molar-refractivity contribution in [3.8, 4) is 12.3 Å². The molecule has 0 fully saturated rings. The van der Waals surface area contributed by atoms with Gasteiger partial charge in [0.15, 0.2) is 0 Å². The summed E-state index contributed by atoms with van der Waals surface area (Å²) in [5.41, 5.74) is 0. The van der Waals surface area contributed by atoms with Crippen molar-refractivity contribution in [2.75, 3.05) is 6.61 Å². The Morgan fingerprint density at radius 2 is 2.33 bits per heavy atom. The van der Waals surface area contributed by atoms with Crippen LogP contribution in [0.25, 0.3) is 0 Å². The van der Waals surface area contributed by atoms with Crippen molar-refractivity contribution < 1.29 is 23.4 Å². The summed E-state index contributed by atoms with van der Waals surface area (Å²) in [6.45, 7) is 0.172. The monoisotopic (exact) mass is 178 g/mol. The minimum atomic E-state index is -3.87. The van der Waals surface area contributed by atoms with Crippen LogP contribution in [-0.2, 0) is 9.53 Å². The maximum Gasteiger partial charge on any atom is 0.377 e. The number of aliphatic carboxylic acids is 1. The van der Waals surface area contributed by atoms with Gasteiger partial charge in [0.05, 0.1) is 0 Å². The van der Waals surface area contributed by atoms with E-state index in [1.54, 1.807) is 0 Å². The molecule has 0 aliphatic rings. The highest BCUT2D eigenvalue weighted by molar-refractivity contribution is 5.75. The van der Waals surface area contributed by atoms with Crippen LogP contribution in [0.1, 0.15) is 6.92 Å². The van der Waals surface area contributed by atoms with Crippen molar-refractivity contribution in [3.63, 3.8) is 0 Å². The zero-order valence-corrected chi connectivity index (χ0v) is 6.38. The molecule has 5 heteroatoms. The number of carbonyl (C=O) groups is 1. The maximum absolute atomic E-state index is 12.2. The van der Waals surface area contributed by atoms with E-state index in [1.807, 2.05) is 5.92 Å². The predicted molar refractivity (Wildman–Crippen MR) is 36.8 cm³/mol. The summed E-state index contributed by atoms with van der Waals surface area (Å²) in [7, 11) is 0. The summed E-state index contributed by atoms with van der Waals surface area (Å²) in [5.74, 6) is -4.06. The minimum absolute atomic E-state index is 0.810. The molecule has 0 radical (unpaired) electrons. The number of carboxylic acids is 1. The third kappa shape index (κ3) is 3.30. The van der Waals surface area contributed by atoms with E-state index in [9.17, 15) is 13.6 Å². The van der Waals surface area contributed by atoms with Gasteiger partial charge < -0.3 is 9.84 Å². The molecule has 1 unspecified atom stereocenters. The predicted octanol–water partition coefficient (Wildman–Crippen LogP) is 0.745. The highest BCUT2D eigenvalue weighted by Gasteiger charge is 2.39. The Hall–Kier alpha value is -1.15. The van der Waals surface area contributed by atoms with E-state index in [0.717, 1.165) is 0 Å². The third-order valence-electron chi connectivity index (χ3n) is 1.06. The van der Waals surface area contributed by atoms with Gasteiger partial charge in [-0.05, 0) is 6.92 Å². The van der Waals surface area contributed by atoms with Crippen LogP contribution in [0.15, 0.2) is 0 Å². The first kappa shape index (κ1) is 10.8. The highest BCUT2D eigenvalue weighted by atomic mass is 19.3. The van der Waals surface area contributed by atoms with E-state index in [1.165, 1.54) is 6.92 Å².